The highest BCUT2D eigenvalue weighted by atomic mass is 14.8. The molecule has 0 amide bonds. The molecular weight excluding hydrogens is 524 g/mol. The zero-order chi connectivity index (χ0) is 29.0. The molecule has 0 aromatic carbocycles. The van der Waals surface area contributed by atoms with Crippen LogP contribution in [0.2, 0.25) is 0 Å². The molecule has 9 rings (SSSR count). The highest BCUT2D eigenvalue weighted by Crippen LogP contribution is 2.53. The Balaban J connectivity index is 1.36. The van der Waals surface area contributed by atoms with Gasteiger partial charge in [-0.25, -0.2) is 0 Å². The number of hydrogen-bond donors (Lipinski definition) is 4. The van der Waals surface area contributed by atoms with E-state index in [0.29, 0.717) is 0 Å². The van der Waals surface area contributed by atoms with E-state index in [-0.39, 0.29) is 0 Å². The molecule has 0 radical (unpaired) electrons. The van der Waals surface area contributed by atoms with E-state index in [1.807, 2.05) is 0 Å². The molecule has 4 heteroatoms. The number of nitrogens with one attached hydrogen (secondary N) is 4. The average Bonchev–Trinajstić information content (AvgIpc) is 3.85. The zero-order valence-corrected chi connectivity index (χ0v) is 26.1. The van der Waals surface area contributed by atoms with Crippen LogP contribution in [0.15, 0.2) is 12.2 Å². The number of rotatable bonds is 2. The third-order valence-electron chi connectivity index (χ3n) is 12.1. The van der Waals surface area contributed by atoms with Gasteiger partial charge in [0.2, 0.25) is 0 Å². The van der Waals surface area contributed by atoms with Gasteiger partial charge in [0.25, 0.3) is 0 Å². The van der Waals surface area contributed by atoms with Crippen molar-refractivity contribution in [1.29, 1.82) is 0 Å². The number of allylic oxidation sites excluding steroid dienone is 2. The molecule has 4 aromatic heterocycles. The van der Waals surface area contributed by atoms with Gasteiger partial charge in [0.1, 0.15) is 0 Å². The lowest BCUT2D eigenvalue weighted by molar-refractivity contribution is 0.288. The van der Waals surface area contributed by atoms with Crippen molar-refractivity contribution < 1.29 is 0 Å². The van der Waals surface area contributed by atoms with Crippen LogP contribution in [0.3, 0.4) is 0 Å². The minimum absolute atomic E-state index is 0.771. The van der Waals surface area contributed by atoms with Gasteiger partial charge in [0.15, 0.2) is 0 Å². The summed E-state index contributed by atoms with van der Waals surface area (Å²) < 4.78 is 0. The van der Waals surface area contributed by atoms with Crippen LogP contribution < -0.4 is 21.4 Å². The van der Waals surface area contributed by atoms with Crippen molar-refractivity contribution in [2.45, 2.75) is 85.5 Å². The normalized spacial score (nSPS) is 27.6. The van der Waals surface area contributed by atoms with Crippen molar-refractivity contribution in [2.75, 3.05) is 0 Å². The van der Waals surface area contributed by atoms with Gasteiger partial charge >= 0.3 is 0 Å². The third kappa shape index (κ3) is 3.74. The lowest BCUT2D eigenvalue weighted by Gasteiger charge is -2.33. The fourth-order valence-electron chi connectivity index (χ4n) is 9.86. The monoisotopic (exact) mass is 568 g/mol. The molecule has 0 saturated heterocycles. The largest absolute Gasteiger partial charge is 0.355 e. The molecule has 1 fully saturated rings. The minimum atomic E-state index is 0.771. The maximum absolute atomic E-state index is 4.00. The van der Waals surface area contributed by atoms with Gasteiger partial charge < -0.3 is 19.9 Å². The summed E-state index contributed by atoms with van der Waals surface area (Å²) >= 11 is 0. The van der Waals surface area contributed by atoms with Gasteiger partial charge in [0.05, 0.1) is 0 Å². The Morgan fingerprint density at radius 1 is 0.558 bits per heavy atom. The second-order valence-electron chi connectivity index (χ2n) is 14.1. The maximum Gasteiger partial charge on any atom is 0.0441 e. The molecule has 1 saturated carbocycles. The Labute approximate surface area is 253 Å². The first-order valence-electron chi connectivity index (χ1n) is 17.0. The Hall–Kier alpha value is -3.66. The quantitative estimate of drug-likeness (QED) is 0.222. The van der Waals surface area contributed by atoms with E-state index in [1.54, 1.807) is 11.1 Å². The summed E-state index contributed by atoms with van der Waals surface area (Å²) in [6.45, 7) is 9.22. The Kier molecular flexibility index (Phi) is 5.65. The first-order chi connectivity index (χ1) is 21.0. The highest BCUT2D eigenvalue weighted by molar-refractivity contribution is 5.66. The van der Waals surface area contributed by atoms with Crippen LogP contribution in [0, 0.1) is 37.5 Å². The van der Waals surface area contributed by atoms with Crippen molar-refractivity contribution in [3.05, 3.63) is 101 Å². The molecule has 220 valence electrons. The molecule has 1 aliphatic heterocycles. The van der Waals surface area contributed by atoms with Crippen LogP contribution >= 0.6 is 0 Å². The van der Waals surface area contributed by atoms with Crippen LogP contribution in [-0.4, -0.2) is 19.9 Å². The molecule has 5 aliphatic rings. The molecule has 4 nitrogen and oxygen atoms in total. The van der Waals surface area contributed by atoms with Crippen molar-refractivity contribution in [2.24, 2.45) is 23.7 Å². The van der Waals surface area contributed by atoms with E-state index in [0.717, 1.165) is 49.4 Å². The SMILES string of the molecule is CCc1c(C)/c2[nH]/c1=C\c1[nH]c(c3c1C[C@@H]1[C@H](C3)[C@H]3C=C[C@@H]1C3)/C=c1\[nH]/c(c(C)c1CC)=C\c1[nH]c(c3c1CCCC3)\C=2. The summed E-state index contributed by atoms with van der Waals surface area (Å²) in [5.74, 6) is 3.13. The Bertz CT molecular complexity index is 1940. The summed E-state index contributed by atoms with van der Waals surface area (Å²) in [4.78, 5) is 15.7. The smallest absolute Gasteiger partial charge is 0.0441 e. The van der Waals surface area contributed by atoms with Crippen LogP contribution in [0.1, 0.15) is 100 Å². The number of aromatic amines is 4. The van der Waals surface area contributed by atoms with Gasteiger partial charge in [0, 0.05) is 44.2 Å². The van der Waals surface area contributed by atoms with E-state index in [1.165, 1.54) is 110 Å². The van der Waals surface area contributed by atoms with Gasteiger partial charge in [-0.05, 0) is 164 Å². The minimum Gasteiger partial charge on any atom is -0.355 e. The van der Waals surface area contributed by atoms with Crippen LogP contribution in [0.5, 0.6) is 0 Å². The Morgan fingerprint density at radius 3 is 1.42 bits per heavy atom. The molecule has 0 spiro atoms. The summed E-state index contributed by atoms with van der Waals surface area (Å²) in [7, 11) is 0. The summed E-state index contributed by atoms with van der Waals surface area (Å²) in [6, 6.07) is 0. The van der Waals surface area contributed by atoms with Crippen molar-refractivity contribution >= 4 is 24.3 Å². The van der Waals surface area contributed by atoms with Gasteiger partial charge in [-0.1, -0.05) is 26.0 Å². The predicted octanol–water partition coefficient (Wildman–Crippen LogP) is 4.78. The van der Waals surface area contributed by atoms with E-state index in [9.17, 15) is 0 Å². The van der Waals surface area contributed by atoms with Crippen LogP contribution in [0.25, 0.3) is 24.3 Å². The van der Waals surface area contributed by atoms with E-state index < -0.39 is 0 Å². The van der Waals surface area contributed by atoms with Crippen LogP contribution in [0.4, 0.5) is 0 Å². The lowest BCUT2D eigenvalue weighted by Crippen LogP contribution is -2.28. The topological polar surface area (TPSA) is 63.2 Å². The number of fused-ring (bicyclic) bond motifs is 19. The first kappa shape index (κ1) is 25.8. The molecule has 4 aliphatic carbocycles. The van der Waals surface area contributed by atoms with Crippen LogP contribution in [-0.2, 0) is 38.5 Å². The molecular formula is C39H44N4. The second kappa shape index (κ2) is 9.42. The second-order valence-corrected chi connectivity index (χ2v) is 14.1. The Morgan fingerprint density at radius 2 is 0.977 bits per heavy atom. The summed E-state index contributed by atoms with van der Waals surface area (Å²) in [5, 5.41) is 5.02. The summed E-state index contributed by atoms with van der Waals surface area (Å²) in [5.41, 5.74) is 17.0. The molecule has 43 heavy (non-hydrogen) atoms. The maximum atomic E-state index is 4.00. The standard InChI is InChI=1S/C39H44N4/c1-5-24-20(3)32-16-36-26-9-7-8-10-27(26)37(42-36)17-33-21(4)25(6-2)35(41-33)19-39-31-15-29-23-12-11-22(13-23)28(29)14-30(31)38(43-39)18-34(24)40-32/h11-12,16-19,22-23,28-29,40-43H,5-10,13-15H2,1-4H3/b32-16-,33-17-,34-18-,35-19-,36-16?,37-17?,38-18?,39-19?/t22-,23+,28+,29-. The fourth-order valence-corrected chi connectivity index (χ4v) is 9.86. The van der Waals surface area contributed by atoms with Crippen molar-refractivity contribution in [3.8, 4) is 0 Å². The molecule has 4 atom stereocenters. The average molecular weight is 569 g/mol. The molecule has 10 bridgehead atoms. The molecule has 5 heterocycles. The number of aromatic nitrogens is 4. The summed E-state index contributed by atoms with van der Waals surface area (Å²) in [6.07, 6.45) is 25.4. The van der Waals surface area contributed by atoms with Gasteiger partial charge in [-0.2, -0.15) is 0 Å². The zero-order valence-electron chi connectivity index (χ0n) is 26.1. The number of H-pyrrole nitrogens is 4. The molecule has 4 aromatic rings. The molecule has 4 N–H and O–H groups in total. The van der Waals surface area contributed by atoms with Gasteiger partial charge in [-0.15, -0.1) is 0 Å². The molecule has 0 unspecified atom stereocenters. The predicted molar refractivity (Wildman–Crippen MR) is 176 cm³/mol. The van der Waals surface area contributed by atoms with Crippen molar-refractivity contribution in [1.82, 2.24) is 19.9 Å². The van der Waals surface area contributed by atoms with Gasteiger partial charge in [-0.3, -0.25) is 0 Å². The first-order valence-corrected chi connectivity index (χ1v) is 17.0. The van der Waals surface area contributed by atoms with E-state index in [2.05, 4.69) is 84.1 Å². The highest BCUT2D eigenvalue weighted by Gasteiger charge is 2.47. The number of hydrogen-bond acceptors (Lipinski definition) is 0. The third-order valence-corrected chi connectivity index (χ3v) is 12.1. The lowest BCUT2D eigenvalue weighted by atomic mass is 9.71. The van der Waals surface area contributed by atoms with E-state index >= 15 is 0 Å². The fraction of sp³-hybridized carbons (Fsp3) is 0.436. The van der Waals surface area contributed by atoms with E-state index in [4.69, 9.17) is 0 Å². The van der Waals surface area contributed by atoms with Crippen molar-refractivity contribution in [3.63, 3.8) is 0 Å².